The molecule has 1 aliphatic rings. The smallest absolute Gasteiger partial charge is 0.344 e. The molecule has 0 saturated heterocycles. The van der Waals surface area contributed by atoms with Crippen LogP contribution in [0.1, 0.15) is 32.1 Å². The summed E-state index contributed by atoms with van der Waals surface area (Å²) in [5.41, 5.74) is 0.745. The van der Waals surface area contributed by atoms with E-state index >= 15 is 0 Å². The molecule has 150 valence electrons. The van der Waals surface area contributed by atoms with Gasteiger partial charge >= 0.3 is 5.97 Å². The minimum absolute atomic E-state index is 0.00776. The second-order valence-electron chi connectivity index (χ2n) is 7.13. The molecular weight excluding hydrogens is 392 g/mol. The predicted molar refractivity (Wildman–Crippen MR) is 111 cm³/mol. The second kappa shape index (κ2) is 8.70. The van der Waals surface area contributed by atoms with Crippen LogP contribution in [0, 0.1) is 0 Å². The molecule has 4 rings (SSSR count). The fraction of sp³-hybridized carbons (Fsp3) is 0.304. The number of hydrogen-bond donors (Lipinski definition) is 0. The number of rotatable bonds is 5. The molecule has 0 amide bonds. The van der Waals surface area contributed by atoms with Crippen LogP contribution in [-0.4, -0.2) is 18.7 Å². The van der Waals surface area contributed by atoms with Gasteiger partial charge in [-0.3, -0.25) is 4.79 Å². The van der Waals surface area contributed by atoms with Crippen LogP contribution in [0.4, 0.5) is 0 Å². The van der Waals surface area contributed by atoms with Crippen LogP contribution in [0.25, 0.3) is 22.3 Å². The molecule has 6 heteroatoms. The highest BCUT2D eigenvalue weighted by Gasteiger charge is 2.21. The Labute approximate surface area is 173 Å². The minimum Gasteiger partial charge on any atom is -0.474 e. The van der Waals surface area contributed by atoms with Gasteiger partial charge in [-0.15, -0.1) is 0 Å². The minimum atomic E-state index is -0.480. The Hall–Kier alpha value is -2.79. The largest absolute Gasteiger partial charge is 0.474 e. The van der Waals surface area contributed by atoms with Gasteiger partial charge in [0.2, 0.25) is 11.2 Å². The van der Waals surface area contributed by atoms with Crippen LogP contribution in [0.3, 0.4) is 0 Å². The van der Waals surface area contributed by atoms with Gasteiger partial charge in [0, 0.05) is 10.6 Å². The van der Waals surface area contributed by atoms with Crippen LogP contribution < -0.4 is 10.2 Å². The summed E-state index contributed by atoms with van der Waals surface area (Å²) in [7, 11) is 0. The molecule has 0 spiro atoms. The van der Waals surface area contributed by atoms with E-state index < -0.39 is 5.97 Å². The maximum absolute atomic E-state index is 13.0. The Kier molecular flexibility index (Phi) is 5.86. The van der Waals surface area contributed by atoms with Gasteiger partial charge in [0.25, 0.3) is 0 Å². The van der Waals surface area contributed by atoms with E-state index in [4.69, 9.17) is 25.5 Å². The number of carbonyl (C=O) groups is 1. The van der Waals surface area contributed by atoms with Gasteiger partial charge in [-0.1, -0.05) is 30.2 Å². The number of fused-ring (bicyclic) bond motifs is 1. The summed E-state index contributed by atoms with van der Waals surface area (Å²) in [6.45, 7) is -0.347. The fourth-order valence-electron chi connectivity index (χ4n) is 3.58. The Morgan fingerprint density at radius 3 is 2.52 bits per heavy atom. The van der Waals surface area contributed by atoms with Crippen molar-refractivity contribution in [2.24, 2.45) is 0 Å². The Morgan fingerprint density at radius 1 is 1.03 bits per heavy atom. The van der Waals surface area contributed by atoms with E-state index in [1.807, 2.05) is 0 Å². The number of benzene rings is 2. The van der Waals surface area contributed by atoms with E-state index in [2.05, 4.69) is 0 Å². The van der Waals surface area contributed by atoms with Crippen molar-refractivity contribution in [3.63, 3.8) is 0 Å². The lowest BCUT2D eigenvalue weighted by molar-refractivity contribution is -0.152. The summed E-state index contributed by atoms with van der Waals surface area (Å²) < 4.78 is 17.1. The summed E-state index contributed by atoms with van der Waals surface area (Å²) >= 11 is 5.98. The van der Waals surface area contributed by atoms with Crippen molar-refractivity contribution in [3.05, 3.63) is 63.8 Å². The van der Waals surface area contributed by atoms with E-state index in [0.717, 1.165) is 25.7 Å². The standard InChI is InChI=1S/C23H21ClO5/c24-16-12-10-15(11-13-16)22-23(21(26)18-8-4-5-9-19(18)29-22)27-14-20(25)28-17-6-2-1-3-7-17/h4-5,8-13,17H,1-3,6-7,14H2. The lowest BCUT2D eigenvalue weighted by Crippen LogP contribution is -2.25. The molecule has 1 saturated carbocycles. The zero-order valence-electron chi connectivity index (χ0n) is 15.9. The Balaban J connectivity index is 1.63. The van der Waals surface area contributed by atoms with Crippen LogP contribution in [0.5, 0.6) is 5.75 Å². The Morgan fingerprint density at radius 2 is 1.76 bits per heavy atom. The van der Waals surface area contributed by atoms with Crippen molar-refractivity contribution in [2.75, 3.05) is 6.61 Å². The molecule has 1 heterocycles. The zero-order chi connectivity index (χ0) is 20.2. The van der Waals surface area contributed by atoms with E-state index in [0.29, 0.717) is 21.6 Å². The molecule has 0 atom stereocenters. The van der Waals surface area contributed by atoms with Gasteiger partial charge in [-0.05, 0) is 62.1 Å². The highest BCUT2D eigenvalue weighted by atomic mass is 35.5. The van der Waals surface area contributed by atoms with Crippen molar-refractivity contribution in [1.29, 1.82) is 0 Å². The number of hydrogen-bond acceptors (Lipinski definition) is 5. The highest BCUT2D eigenvalue weighted by molar-refractivity contribution is 6.30. The maximum atomic E-state index is 13.0. The summed E-state index contributed by atoms with van der Waals surface area (Å²) in [6, 6.07) is 13.8. The first-order chi connectivity index (χ1) is 14.1. The van der Waals surface area contributed by atoms with Crippen LogP contribution in [0.15, 0.2) is 57.7 Å². The number of carbonyl (C=O) groups excluding carboxylic acids is 1. The average molecular weight is 413 g/mol. The molecule has 2 aromatic carbocycles. The monoisotopic (exact) mass is 412 g/mol. The topological polar surface area (TPSA) is 65.7 Å². The lowest BCUT2D eigenvalue weighted by Gasteiger charge is -2.21. The van der Waals surface area contributed by atoms with E-state index in [1.165, 1.54) is 6.42 Å². The number of ether oxygens (including phenoxy) is 2. The van der Waals surface area contributed by atoms with Crippen LogP contribution in [0.2, 0.25) is 5.02 Å². The molecule has 5 nitrogen and oxygen atoms in total. The molecule has 0 N–H and O–H groups in total. The number of esters is 1. The SMILES string of the molecule is O=C(COc1c(-c2ccc(Cl)cc2)oc2ccccc2c1=O)OC1CCCCC1. The van der Waals surface area contributed by atoms with Crippen LogP contribution in [-0.2, 0) is 9.53 Å². The van der Waals surface area contributed by atoms with Gasteiger partial charge < -0.3 is 13.9 Å². The first-order valence-electron chi connectivity index (χ1n) is 9.76. The quantitative estimate of drug-likeness (QED) is 0.527. The Bertz CT molecular complexity index is 1060. The maximum Gasteiger partial charge on any atom is 0.344 e. The molecule has 0 radical (unpaired) electrons. The molecule has 0 unspecified atom stereocenters. The van der Waals surface area contributed by atoms with Crippen molar-refractivity contribution < 1.29 is 18.7 Å². The first-order valence-corrected chi connectivity index (χ1v) is 10.1. The lowest BCUT2D eigenvalue weighted by atomic mass is 9.98. The van der Waals surface area contributed by atoms with Crippen molar-refractivity contribution in [3.8, 4) is 17.1 Å². The third kappa shape index (κ3) is 4.46. The van der Waals surface area contributed by atoms with E-state index in [-0.39, 0.29) is 29.6 Å². The van der Waals surface area contributed by atoms with Gasteiger partial charge in [-0.25, -0.2) is 4.79 Å². The normalized spacial score (nSPS) is 14.7. The molecule has 3 aromatic rings. The molecule has 0 bridgehead atoms. The third-order valence-electron chi connectivity index (χ3n) is 5.05. The fourth-order valence-corrected chi connectivity index (χ4v) is 3.71. The average Bonchev–Trinajstić information content (AvgIpc) is 2.74. The molecular formula is C23H21ClO5. The van der Waals surface area contributed by atoms with Gasteiger partial charge in [0.05, 0.1) is 5.39 Å². The molecule has 0 aliphatic heterocycles. The third-order valence-corrected chi connectivity index (χ3v) is 5.30. The molecule has 1 aliphatic carbocycles. The summed E-state index contributed by atoms with van der Waals surface area (Å²) in [4.78, 5) is 25.3. The summed E-state index contributed by atoms with van der Waals surface area (Å²) in [6.07, 6.45) is 4.98. The van der Waals surface area contributed by atoms with E-state index in [1.54, 1.807) is 48.5 Å². The second-order valence-corrected chi connectivity index (χ2v) is 7.57. The zero-order valence-corrected chi connectivity index (χ0v) is 16.6. The predicted octanol–water partition coefficient (Wildman–Crippen LogP) is 5.37. The van der Waals surface area contributed by atoms with Gasteiger partial charge in [-0.2, -0.15) is 0 Å². The summed E-state index contributed by atoms with van der Waals surface area (Å²) in [5, 5.41) is 0.955. The van der Waals surface area contributed by atoms with Gasteiger partial charge in [0.15, 0.2) is 12.4 Å². The van der Waals surface area contributed by atoms with E-state index in [9.17, 15) is 9.59 Å². The van der Waals surface area contributed by atoms with Gasteiger partial charge in [0.1, 0.15) is 11.7 Å². The first kappa shape index (κ1) is 19.5. The molecule has 29 heavy (non-hydrogen) atoms. The summed E-state index contributed by atoms with van der Waals surface area (Å²) in [5.74, 6) is -0.228. The highest BCUT2D eigenvalue weighted by Crippen LogP contribution is 2.31. The van der Waals surface area contributed by atoms with Crippen LogP contribution >= 0.6 is 11.6 Å². The molecule has 1 fully saturated rings. The number of para-hydroxylation sites is 1. The van der Waals surface area contributed by atoms with Crippen molar-refractivity contribution in [2.45, 2.75) is 38.2 Å². The number of halogens is 1. The molecule has 1 aromatic heterocycles. The van der Waals surface area contributed by atoms with Crippen molar-refractivity contribution in [1.82, 2.24) is 0 Å². The van der Waals surface area contributed by atoms with Crippen molar-refractivity contribution >= 4 is 28.5 Å².